The Hall–Kier alpha value is -1.55. The highest BCUT2D eigenvalue weighted by atomic mass is 16.6. The molecule has 0 saturated carbocycles. The molecule has 4 heteroatoms. The first kappa shape index (κ1) is 11.5. The van der Waals surface area contributed by atoms with Gasteiger partial charge in [0.15, 0.2) is 0 Å². The van der Waals surface area contributed by atoms with E-state index in [-0.39, 0.29) is 0 Å². The molecule has 1 unspecified atom stereocenters. The fourth-order valence-corrected chi connectivity index (χ4v) is 0.870. The van der Waals surface area contributed by atoms with Gasteiger partial charge in [-0.15, -0.1) is 0 Å². The number of carboxylic acids is 1. The van der Waals surface area contributed by atoms with E-state index < -0.39 is 5.97 Å². The largest absolute Gasteiger partial charge is 0.491 e. The van der Waals surface area contributed by atoms with Crippen molar-refractivity contribution in [1.82, 2.24) is 0 Å². The van der Waals surface area contributed by atoms with Crippen molar-refractivity contribution in [3.05, 3.63) is 30.3 Å². The maximum absolute atomic E-state index is 9.00. The molecule has 0 aliphatic carbocycles. The van der Waals surface area contributed by atoms with Crippen molar-refractivity contribution in [2.24, 2.45) is 0 Å². The Morgan fingerprint density at radius 1 is 1.53 bits per heavy atom. The molecular weight excluding hydrogens is 196 g/mol. The van der Waals surface area contributed by atoms with Crippen molar-refractivity contribution in [3.8, 4) is 5.75 Å². The van der Waals surface area contributed by atoms with Gasteiger partial charge in [0.2, 0.25) is 0 Å². The van der Waals surface area contributed by atoms with E-state index in [1.165, 1.54) is 0 Å². The number of carboxylic acid groups (broad SMARTS) is 1. The van der Waals surface area contributed by atoms with Gasteiger partial charge in [0.05, 0.1) is 6.61 Å². The van der Waals surface area contributed by atoms with Crippen molar-refractivity contribution in [1.29, 1.82) is 0 Å². The smallest absolute Gasteiger partial charge is 0.300 e. The highest BCUT2D eigenvalue weighted by Gasteiger charge is 2.22. The molecule has 0 aromatic heterocycles. The summed E-state index contributed by atoms with van der Waals surface area (Å²) in [6.45, 7) is 2.62. The lowest BCUT2D eigenvalue weighted by Crippen LogP contribution is -2.03. The Balaban J connectivity index is 0.000000245. The molecule has 1 saturated heterocycles. The molecule has 1 N–H and O–H groups in total. The molecule has 1 aromatic rings. The molecule has 1 aromatic carbocycles. The van der Waals surface area contributed by atoms with Gasteiger partial charge in [-0.3, -0.25) is 4.79 Å². The number of carbonyl (C=O) groups is 1. The van der Waals surface area contributed by atoms with Crippen LogP contribution in [-0.2, 0) is 9.53 Å². The first-order valence-corrected chi connectivity index (χ1v) is 4.67. The third-order valence-electron chi connectivity index (χ3n) is 1.58. The summed E-state index contributed by atoms with van der Waals surface area (Å²) >= 11 is 0. The number of hydrogen-bond acceptors (Lipinski definition) is 3. The van der Waals surface area contributed by atoms with Gasteiger partial charge in [0.25, 0.3) is 5.97 Å². The number of benzene rings is 1. The van der Waals surface area contributed by atoms with Gasteiger partial charge in [-0.2, -0.15) is 0 Å². The number of para-hydroxylation sites is 1. The third-order valence-corrected chi connectivity index (χ3v) is 1.58. The fourth-order valence-electron chi connectivity index (χ4n) is 0.870. The summed E-state index contributed by atoms with van der Waals surface area (Å²) < 4.78 is 10.4. The molecule has 15 heavy (non-hydrogen) atoms. The first-order chi connectivity index (χ1) is 7.18. The minimum absolute atomic E-state index is 0.343. The molecule has 1 aliphatic rings. The van der Waals surface area contributed by atoms with E-state index in [4.69, 9.17) is 19.4 Å². The van der Waals surface area contributed by atoms with Crippen LogP contribution in [0.4, 0.5) is 0 Å². The van der Waals surface area contributed by atoms with Gasteiger partial charge >= 0.3 is 0 Å². The van der Waals surface area contributed by atoms with Crippen LogP contribution in [0.2, 0.25) is 0 Å². The molecule has 4 nitrogen and oxygen atoms in total. The second-order valence-corrected chi connectivity index (χ2v) is 3.10. The lowest BCUT2D eigenvalue weighted by molar-refractivity contribution is -0.134. The average molecular weight is 210 g/mol. The van der Waals surface area contributed by atoms with E-state index in [1.54, 1.807) is 0 Å². The van der Waals surface area contributed by atoms with Gasteiger partial charge in [-0.05, 0) is 12.1 Å². The summed E-state index contributed by atoms with van der Waals surface area (Å²) in [5.41, 5.74) is 0. The minimum Gasteiger partial charge on any atom is -0.491 e. The zero-order chi connectivity index (χ0) is 11.1. The molecule has 1 fully saturated rings. The van der Waals surface area contributed by atoms with E-state index in [1.807, 2.05) is 30.3 Å². The molecule has 1 heterocycles. The molecule has 0 bridgehead atoms. The van der Waals surface area contributed by atoms with E-state index >= 15 is 0 Å². The van der Waals surface area contributed by atoms with Crippen LogP contribution >= 0.6 is 0 Å². The van der Waals surface area contributed by atoms with Gasteiger partial charge in [-0.1, -0.05) is 18.2 Å². The summed E-state index contributed by atoms with van der Waals surface area (Å²) in [6.07, 6.45) is 0.343. The second kappa shape index (κ2) is 6.03. The van der Waals surface area contributed by atoms with Crippen LogP contribution in [0.1, 0.15) is 6.92 Å². The molecule has 1 atom stereocenters. The van der Waals surface area contributed by atoms with Crippen molar-refractivity contribution in [3.63, 3.8) is 0 Å². The van der Waals surface area contributed by atoms with Crippen molar-refractivity contribution in [2.75, 3.05) is 13.2 Å². The Morgan fingerprint density at radius 2 is 2.07 bits per heavy atom. The van der Waals surface area contributed by atoms with Crippen LogP contribution in [-0.4, -0.2) is 30.4 Å². The normalized spacial score (nSPS) is 17.3. The van der Waals surface area contributed by atoms with Crippen molar-refractivity contribution >= 4 is 5.97 Å². The summed E-state index contributed by atoms with van der Waals surface area (Å²) in [5.74, 6) is 0.0861. The monoisotopic (exact) mass is 210 g/mol. The van der Waals surface area contributed by atoms with Gasteiger partial charge in [0, 0.05) is 6.92 Å². The number of rotatable bonds is 3. The number of ether oxygens (including phenoxy) is 2. The van der Waals surface area contributed by atoms with Crippen LogP contribution in [0.3, 0.4) is 0 Å². The lowest BCUT2D eigenvalue weighted by atomic mass is 10.3. The van der Waals surface area contributed by atoms with Gasteiger partial charge in [0.1, 0.15) is 18.5 Å². The van der Waals surface area contributed by atoms with Crippen LogP contribution < -0.4 is 4.74 Å². The number of aliphatic carboxylic acids is 1. The lowest BCUT2D eigenvalue weighted by Gasteiger charge is -2.01. The predicted octanol–water partition coefficient (Wildman–Crippen LogP) is 1.56. The number of epoxide rings is 1. The van der Waals surface area contributed by atoms with Crippen molar-refractivity contribution < 1.29 is 19.4 Å². The third kappa shape index (κ3) is 6.51. The summed E-state index contributed by atoms with van der Waals surface area (Å²) in [7, 11) is 0. The van der Waals surface area contributed by atoms with E-state index in [2.05, 4.69) is 0 Å². The molecule has 0 radical (unpaired) electrons. The van der Waals surface area contributed by atoms with Crippen molar-refractivity contribution in [2.45, 2.75) is 13.0 Å². The fraction of sp³-hybridized carbons (Fsp3) is 0.364. The SMILES string of the molecule is CC(=O)O.c1ccc(OCC2CO2)cc1. The minimum atomic E-state index is -0.833. The molecule has 82 valence electrons. The standard InChI is InChI=1S/C9H10O2.C2H4O2/c1-2-4-8(5-3-1)10-6-9-7-11-9;1-2(3)4/h1-5,9H,6-7H2;1H3,(H,3,4). The van der Waals surface area contributed by atoms with E-state index in [0.717, 1.165) is 19.3 Å². The van der Waals surface area contributed by atoms with E-state index in [0.29, 0.717) is 12.7 Å². The second-order valence-electron chi connectivity index (χ2n) is 3.10. The van der Waals surface area contributed by atoms with E-state index in [9.17, 15) is 0 Å². The molecule has 0 amide bonds. The Morgan fingerprint density at radius 3 is 2.53 bits per heavy atom. The average Bonchev–Trinajstić information content (AvgIpc) is 2.99. The van der Waals surface area contributed by atoms with Crippen LogP contribution in [0.5, 0.6) is 5.75 Å². The summed E-state index contributed by atoms with van der Waals surface area (Å²) in [6, 6.07) is 9.79. The molecule has 1 aliphatic heterocycles. The van der Waals surface area contributed by atoms with Crippen LogP contribution in [0.15, 0.2) is 30.3 Å². The van der Waals surface area contributed by atoms with Crippen LogP contribution in [0, 0.1) is 0 Å². The number of hydrogen-bond donors (Lipinski definition) is 1. The summed E-state index contributed by atoms with van der Waals surface area (Å²) in [4.78, 5) is 9.00. The zero-order valence-corrected chi connectivity index (χ0v) is 8.55. The van der Waals surface area contributed by atoms with Gasteiger partial charge < -0.3 is 14.6 Å². The molecule has 0 spiro atoms. The first-order valence-electron chi connectivity index (χ1n) is 4.67. The Labute approximate surface area is 88.4 Å². The zero-order valence-electron chi connectivity index (χ0n) is 8.55. The predicted molar refractivity (Wildman–Crippen MR) is 55.0 cm³/mol. The Kier molecular flexibility index (Phi) is 4.63. The summed E-state index contributed by atoms with van der Waals surface area (Å²) in [5, 5.41) is 7.42. The molecule has 2 rings (SSSR count). The molecular formula is C11H14O4. The maximum atomic E-state index is 9.00. The topological polar surface area (TPSA) is 59.1 Å². The van der Waals surface area contributed by atoms with Crippen LogP contribution in [0.25, 0.3) is 0 Å². The highest BCUT2D eigenvalue weighted by Crippen LogP contribution is 2.13. The highest BCUT2D eigenvalue weighted by molar-refractivity contribution is 5.62. The maximum Gasteiger partial charge on any atom is 0.300 e. The van der Waals surface area contributed by atoms with Gasteiger partial charge in [-0.25, -0.2) is 0 Å². The quantitative estimate of drug-likeness (QED) is 0.769. The Bertz CT molecular complexity index is 289.